The number of rotatable bonds is 5. The van der Waals surface area contributed by atoms with Crippen LogP contribution in [0.15, 0.2) is 24.3 Å². The molecule has 0 saturated carbocycles. The third-order valence-corrected chi connectivity index (χ3v) is 2.50. The third kappa shape index (κ3) is 3.14. The Labute approximate surface area is 102 Å². The van der Waals surface area contributed by atoms with Crippen LogP contribution in [-0.4, -0.2) is 19.3 Å². The number of aromatic hydroxyl groups is 1. The molecule has 1 aromatic rings. The van der Waals surface area contributed by atoms with Gasteiger partial charge in [0, 0.05) is 6.04 Å². The standard InChI is InChI=1S/C13H19NO3/c1-8(2)5-10(14)9-6-11(16-3)13(15)12(7-9)17-4/h6-7,10,15H,1,5,14H2,2-4H3/t10-/m0/s1. The van der Waals surface area contributed by atoms with Crippen LogP contribution >= 0.6 is 0 Å². The molecular formula is C13H19NO3. The second-order valence-corrected chi connectivity index (χ2v) is 4.04. The van der Waals surface area contributed by atoms with Crippen molar-refractivity contribution in [3.63, 3.8) is 0 Å². The Bertz CT molecular complexity index is 390. The summed E-state index contributed by atoms with van der Waals surface area (Å²) in [6.45, 7) is 5.76. The normalized spacial score (nSPS) is 12.0. The Morgan fingerprint density at radius 2 is 1.82 bits per heavy atom. The van der Waals surface area contributed by atoms with Gasteiger partial charge in [-0.3, -0.25) is 0 Å². The highest BCUT2D eigenvalue weighted by molar-refractivity contribution is 5.53. The summed E-state index contributed by atoms with van der Waals surface area (Å²) in [6, 6.07) is 3.24. The van der Waals surface area contributed by atoms with Crippen LogP contribution in [-0.2, 0) is 0 Å². The van der Waals surface area contributed by atoms with Crippen LogP contribution in [0.25, 0.3) is 0 Å². The van der Waals surface area contributed by atoms with E-state index in [0.717, 1.165) is 11.1 Å². The summed E-state index contributed by atoms with van der Waals surface area (Å²) in [7, 11) is 2.98. The quantitative estimate of drug-likeness (QED) is 0.772. The van der Waals surface area contributed by atoms with Gasteiger partial charge in [-0.1, -0.05) is 5.57 Å². The zero-order valence-corrected chi connectivity index (χ0v) is 10.5. The van der Waals surface area contributed by atoms with E-state index in [-0.39, 0.29) is 11.8 Å². The zero-order chi connectivity index (χ0) is 13.0. The fraction of sp³-hybridized carbons (Fsp3) is 0.385. The molecule has 0 saturated heterocycles. The summed E-state index contributed by atoms with van der Waals surface area (Å²) in [5.74, 6) is 0.703. The van der Waals surface area contributed by atoms with Crippen LogP contribution in [0.3, 0.4) is 0 Å². The predicted molar refractivity (Wildman–Crippen MR) is 67.6 cm³/mol. The van der Waals surface area contributed by atoms with Crippen LogP contribution in [0.2, 0.25) is 0 Å². The molecule has 1 atom stereocenters. The highest BCUT2D eigenvalue weighted by atomic mass is 16.5. The van der Waals surface area contributed by atoms with E-state index >= 15 is 0 Å². The molecule has 0 bridgehead atoms. The Morgan fingerprint density at radius 3 is 2.18 bits per heavy atom. The maximum atomic E-state index is 9.77. The number of methoxy groups -OCH3 is 2. The number of benzene rings is 1. The molecule has 0 amide bonds. The second-order valence-electron chi connectivity index (χ2n) is 4.04. The maximum Gasteiger partial charge on any atom is 0.200 e. The van der Waals surface area contributed by atoms with E-state index in [1.807, 2.05) is 6.92 Å². The first-order valence-corrected chi connectivity index (χ1v) is 5.34. The van der Waals surface area contributed by atoms with E-state index in [0.29, 0.717) is 17.9 Å². The number of phenolic OH excluding ortho intramolecular Hbond substituents is 1. The van der Waals surface area contributed by atoms with Gasteiger partial charge >= 0.3 is 0 Å². The van der Waals surface area contributed by atoms with Crippen molar-refractivity contribution in [1.82, 2.24) is 0 Å². The van der Waals surface area contributed by atoms with Crippen molar-refractivity contribution in [2.24, 2.45) is 5.73 Å². The van der Waals surface area contributed by atoms with Gasteiger partial charge in [0.1, 0.15) is 0 Å². The number of phenols is 1. The van der Waals surface area contributed by atoms with Gasteiger partial charge in [-0.15, -0.1) is 6.58 Å². The van der Waals surface area contributed by atoms with E-state index < -0.39 is 0 Å². The fourth-order valence-corrected chi connectivity index (χ4v) is 1.62. The van der Waals surface area contributed by atoms with E-state index in [9.17, 15) is 5.11 Å². The number of hydrogen-bond acceptors (Lipinski definition) is 4. The first-order chi connectivity index (χ1) is 7.99. The van der Waals surface area contributed by atoms with Crippen molar-refractivity contribution in [1.29, 1.82) is 0 Å². The van der Waals surface area contributed by atoms with Crippen molar-refractivity contribution < 1.29 is 14.6 Å². The van der Waals surface area contributed by atoms with Crippen LogP contribution in [0.1, 0.15) is 24.9 Å². The lowest BCUT2D eigenvalue weighted by molar-refractivity contribution is 0.338. The van der Waals surface area contributed by atoms with Gasteiger partial charge in [-0.2, -0.15) is 0 Å². The number of nitrogens with two attached hydrogens (primary N) is 1. The first kappa shape index (κ1) is 13.4. The minimum Gasteiger partial charge on any atom is -0.502 e. The summed E-state index contributed by atoms with van der Waals surface area (Å²) in [4.78, 5) is 0. The molecule has 0 heterocycles. The molecule has 3 N–H and O–H groups in total. The van der Waals surface area contributed by atoms with Gasteiger partial charge < -0.3 is 20.3 Å². The number of hydrogen-bond donors (Lipinski definition) is 2. The molecule has 1 rings (SSSR count). The van der Waals surface area contributed by atoms with Crippen molar-refractivity contribution in [2.45, 2.75) is 19.4 Å². The molecule has 0 spiro atoms. The Hall–Kier alpha value is -1.68. The molecule has 0 fully saturated rings. The predicted octanol–water partition coefficient (Wildman–Crippen LogP) is 2.38. The molecule has 17 heavy (non-hydrogen) atoms. The molecule has 0 aliphatic rings. The van der Waals surface area contributed by atoms with Gasteiger partial charge in [-0.05, 0) is 31.0 Å². The average molecular weight is 237 g/mol. The summed E-state index contributed by atoms with van der Waals surface area (Å²) >= 11 is 0. The number of ether oxygens (including phenoxy) is 2. The van der Waals surface area contributed by atoms with Gasteiger partial charge in [-0.25, -0.2) is 0 Å². The molecule has 0 aliphatic heterocycles. The van der Waals surface area contributed by atoms with Crippen molar-refractivity contribution in [3.8, 4) is 17.2 Å². The zero-order valence-electron chi connectivity index (χ0n) is 10.5. The van der Waals surface area contributed by atoms with Crippen molar-refractivity contribution in [3.05, 3.63) is 29.8 Å². The Morgan fingerprint density at radius 1 is 1.35 bits per heavy atom. The molecule has 1 aromatic carbocycles. The molecule has 0 unspecified atom stereocenters. The molecular weight excluding hydrogens is 218 g/mol. The van der Waals surface area contributed by atoms with E-state index in [1.165, 1.54) is 14.2 Å². The Balaban J connectivity index is 3.12. The van der Waals surface area contributed by atoms with Crippen LogP contribution in [0.5, 0.6) is 17.2 Å². The molecule has 4 heteroatoms. The van der Waals surface area contributed by atoms with Gasteiger partial charge in [0.05, 0.1) is 14.2 Å². The minimum atomic E-state index is -0.184. The first-order valence-electron chi connectivity index (χ1n) is 5.34. The lowest BCUT2D eigenvalue weighted by atomic mass is 10.0. The highest BCUT2D eigenvalue weighted by Crippen LogP contribution is 2.39. The summed E-state index contributed by atoms with van der Waals surface area (Å²) in [6.07, 6.45) is 0.678. The molecule has 0 aromatic heterocycles. The fourth-order valence-electron chi connectivity index (χ4n) is 1.62. The molecule has 0 aliphatic carbocycles. The third-order valence-electron chi connectivity index (χ3n) is 2.50. The highest BCUT2D eigenvalue weighted by Gasteiger charge is 2.15. The van der Waals surface area contributed by atoms with Crippen molar-refractivity contribution in [2.75, 3.05) is 14.2 Å². The smallest absolute Gasteiger partial charge is 0.200 e. The largest absolute Gasteiger partial charge is 0.502 e. The summed E-state index contributed by atoms with van der Waals surface area (Å²) in [5, 5.41) is 9.77. The topological polar surface area (TPSA) is 64.7 Å². The monoisotopic (exact) mass is 237 g/mol. The van der Waals surface area contributed by atoms with Crippen molar-refractivity contribution >= 4 is 0 Å². The van der Waals surface area contributed by atoms with Crippen LogP contribution < -0.4 is 15.2 Å². The van der Waals surface area contributed by atoms with E-state index in [4.69, 9.17) is 15.2 Å². The van der Waals surface area contributed by atoms with Gasteiger partial charge in [0.2, 0.25) is 5.75 Å². The molecule has 0 radical (unpaired) electrons. The van der Waals surface area contributed by atoms with E-state index in [1.54, 1.807) is 12.1 Å². The van der Waals surface area contributed by atoms with Gasteiger partial charge in [0.15, 0.2) is 11.5 Å². The second kappa shape index (κ2) is 5.59. The van der Waals surface area contributed by atoms with Gasteiger partial charge in [0.25, 0.3) is 0 Å². The van der Waals surface area contributed by atoms with Crippen LogP contribution in [0.4, 0.5) is 0 Å². The molecule has 94 valence electrons. The summed E-state index contributed by atoms with van der Waals surface area (Å²) < 4.78 is 10.2. The SMILES string of the molecule is C=C(C)C[C@H](N)c1cc(OC)c(O)c(OC)c1. The molecule has 4 nitrogen and oxygen atoms in total. The maximum absolute atomic E-state index is 9.77. The lowest BCUT2D eigenvalue weighted by Crippen LogP contribution is -2.10. The van der Waals surface area contributed by atoms with E-state index in [2.05, 4.69) is 6.58 Å². The average Bonchev–Trinajstić information content (AvgIpc) is 2.28. The lowest BCUT2D eigenvalue weighted by Gasteiger charge is -2.16. The summed E-state index contributed by atoms with van der Waals surface area (Å²) in [5.41, 5.74) is 7.89. The van der Waals surface area contributed by atoms with Crippen LogP contribution in [0, 0.1) is 0 Å². The Kier molecular flexibility index (Phi) is 4.40. The minimum absolute atomic E-state index is 0.0127.